The predicted molar refractivity (Wildman–Crippen MR) is 56.4 cm³/mol. The molecule has 0 radical (unpaired) electrons. The molecular weight excluding hydrogens is 238 g/mol. The van der Waals surface area contributed by atoms with Crippen LogP contribution < -0.4 is 0 Å². The maximum Gasteiger partial charge on any atom is 0.126 e. The predicted octanol–water partition coefficient (Wildman–Crippen LogP) is 3.55. The number of aromatic nitrogens is 1. The van der Waals surface area contributed by atoms with Gasteiger partial charge in [0, 0.05) is 17.6 Å². The lowest BCUT2D eigenvalue weighted by atomic mass is 10.1. The normalized spacial score (nSPS) is 10.3. The highest BCUT2D eigenvalue weighted by atomic mass is 35.5. The van der Waals surface area contributed by atoms with Crippen LogP contribution in [0, 0.1) is 17.1 Å². The lowest BCUT2D eigenvalue weighted by molar-refractivity contribution is 0.629. The molecule has 0 spiro atoms. The fraction of sp³-hybridized carbons (Fsp3) is 0. The van der Waals surface area contributed by atoms with Crippen molar-refractivity contribution >= 4 is 34.1 Å². The monoisotopic (exact) mass is 240 g/mol. The molecule has 0 saturated carbocycles. The lowest BCUT2D eigenvalue weighted by Crippen LogP contribution is -1.87. The van der Waals surface area contributed by atoms with E-state index < -0.39 is 5.82 Å². The Balaban J connectivity index is 2.94. The minimum absolute atomic E-state index is 0.152. The van der Waals surface area contributed by atoms with Gasteiger partial charge in [0.1, 0.15) is 11.9 Å². The fourth-order valence-electron chi connectivity index (χ4n) is 1.28. The average molecular weight is 241 g/mol. The molecule has 0 aliphatic heterocycles. The Labute approximate surface area is 94.9 Å². The molecular formula is C10H3Cl2FN2. The number of benzene rings is 1. The first-order valence-electron chi connectivity index (χ1n) is 3.97. The zero-order valence-electron chi connectivity index (χ0n) is 7.26. The molecule has 2 nitrogen and oxygen atoms in total. The van der Waals surface area contributed by atoms with E-state index in [9.17, 15) is 4.39 Å². The third kappa shape index (κ3) is 1.63. The molecule has 0 fully saturated rings. The maximum absolute atomic E-state index is 13.0. The highest BCUT2D eigenvalue weighted by Gasteiger charge is 2.11. The number of hydrogen-bond donors (Lipinski definition) is 0. The van der Waals surface area contributed by atoms with Crippen molar-refractivity contribution in [1.29, 1.82) is 5.26 Å². The first-order valence-corrected chi connectivity index (χ1v) is 4.72. The fourth-order valence-corrected chi connectivity index (χ4v) is 1.92. The molecule has 74 valence electrons. The molecule has 0 bridgehead atoms. The highest BCUT2D eigenvalue weighted by Crippen LogP contribution is 2.31. The number of nitrogens with zero attached hydrogens (tertiary/aromatic N) is 2. The summed E-state index contributed by atoms with van der Waals surface area (Å²) in [5.41, 5.74) is 0.557. The number of hydrogen-bond acceptors (Lipinski definition) is 2. The van der Waals surface area contributed by atoms with E-state index in [0.717, 1.165) is 6.07 Å². The van der Waals surface area contributed by atoms with Gasteiger partial charge >= 0.3 is 0 Å². The van der Waals surface area contributed by atoms with Crippen LogP contribution in [-0.4, -0.2) is 4.98 Å². The summed E-state index contributed by atoms with van der Waals surface area (Å²) in [4.78, 5) is 3.90. The van der Waals surface area contributed by atoms with Gasteiger partial charge in [-0.05, 0) is 6.07 Å². The van der Waals surface area contributed by atoms with E-state index in [-0.39, 0.29) is 15.6 Å². The molecule has 0 unspecified atom stereocenters. The van der Waals surface area contributed by atoms with Gasteiger partial charge in [-0.1, -0.05) is 23.2 Å². The van der Waals surface area contributed by atoms with Crippen molar-refractivity contribution in [3.05, 3.63) is 39.8 Å². The van der Waals surface area contributed by atoms with Gasteiger partial charge in [0.15, 0.2) is 0 Å². The van der Waals surface area contributed by atoms with E-state index in [2.05, 4.69) is 4.98 Å². The van der Waals surface area contributed by atoms with E-state index in [1.165, 1.54) is 12.3 Å². The molecule has 0 atom stereocenters. The molecule has 2 aromatic rings. The van der Waals surface area contributed by atoms with Crippen molar-refractivity contribution in [3.63, 3.8) is 0 Å². The molecule has 0 saturated heterocycles. The molecule has 0 aliphatic rings. The quantitative estimate of drug-likeness (QED) is 0.707. The Morgan fingerprint density at radius 3 is 2.73 bits per heavy atom. The molecule has 1 aromatic carbocycles. The number of halogens is 3. The molecule has 2 rings (SSSR count). The minimum atomic E-state index is -0.485. The number of rotatable bonds is 0. The summed E-state index contributed by atoms with van der Waals surface area (Å²) in [6.45, 7) is 0. The third-order valence-corrected chi connectivity index (χ3v) is 2.63. The number of pyridine rings is 1. The van der Waals surface area contributed by atoms with Gasteiger partial charge in [-0.15, -0.1) is 0 Å². The maximum atomic E-state index is 13.0. The van der Waals surface area contributed by atoms with Crippen LogP contribution in [0.1, 0.15) is 5.56 Å². The van der Waals surface area contributed by atoms with Crippen LogP contribution in [0.15, 0.2) is 18.3 Å². The Hall–Kier alpha value is -1.37. The van der Waals surface area contributed by atoms with Gasteiger partial charge in [0.25, 0.3) is 0 Å². The van der Waals surface area contributed by atoms with E-state index in [1.54, 1.807) is 0 Å². The van der Waals surface area contributed by atoms with E-state index in [4.69, 9.17) is 28.5 Å². The lowest BCUT2D eigenvalue weighted by Gasteiger charge is -2.03. The SMILES string of the molecule is N#Cc1cnc2cc(F)cc(Cl)c2c1Cl. The molecule has 5 heteroatoms. The second-order valence-corrected chi connectivity index (χ2v) is 3.66. The van der Waals surface area contributed by atoms with Gasteiger partial charge in [0.05, 0.1) is 21.1 Å². The number of nitriles is 1. The Bertz CT molecular complexity index is 590. The van der Waals surface area contributed by atoms with Crippen molar-refractivity contribution in [1.82, 2.24) is 4.98 Å². The van der Waals surface area contributed by atoms with Crippen molar-refractivity contribution in [2.45, 2.75) is 0 Å². The van der Waals surface area contributed by atoms with Gasteiger partial charge in [0.2, 0.25) is 0 Å². The largest absolute Gasteiger partial charge is 0.255 e. The summed E-state index contributed by atoms with van der Waals surface area (Å²) in [7, 11) is 0. The molecule has 15 heavy (non-hydrogen) atoms. The molecule has 0 amide bonds. The van der Waals surface area contributed by atoms with Crippen LogP contribution in [-0.2, 0) is 0 Å². The summed E-state index contributed by atoms with van der Waals surface area (Å²) >= 11 is 11.8. The third-order valence-electron chi connectivity index (χ3n) is 1.94. The van der Waals surface area contributed by atoms with Crippen molar-refractivity contribution in [2.24, 2.45) is 0 Å². The molecule has 1 aromatic heterocycles. The zero-order chi connectivity index (χ0) is 11.0. The van der Waals surface area contributed by atoms with Crippen LogP contribution in [0.5, 0.6) is 0 Å². The van der Waals surface area contributed by atoms with E-state index in [1.807, 2.05) is 6.07 Å². The van der Waals surface area contributed by atoms with E-state index in [0.29, 0.717) is 10.9 Å². The van der Waals surface area contributed by atoms with Crippen molar-refractivity contribution in [3.8, 4) is 6.07 Å². The number of fused-ring (bicyclic) bond motifs is 1. The topological polar surface area (TPSA) is 36.7 Å². The summed E-state index contributed by atoms with van der Waals surface area (Å²) in [6, 6.07) is 4.24. The van der Waals surface area contributed by atoms with Crippen LogP contribution in [0.3, 0.4) is 0 Å². The highest BCUT2D eigenvalue weighted by molar-refractivity contribution is 6.42. The van der Waals surface area contributed by atoms with Gasteiger partial charge in [-0.2, -0.15) is 5.26 Å². The minimum Gasteiger partial charge on any atom is -0.255 e. The van der Waals surface area contributed by atoms with Crippen molar-refractivity contribution in [2.75, 3.05) is 0 Å². The van der Waals surface area contributed by atoms with Crippen LogP contribution >= 0.6 is 23.2 Å². The summed E-state index contributed by atoms with van der Waals surface area (Å²) in [5.74, 6) is -0.485. The molecule has 0 aliphatic carbocycles. The second kappa shape index (κ2) is 3.65. The summed E-state index contributed by atoms with van der Waals surface area (Å²) in [5, 5.41) is 9.49. The van der Waals surface area contributed by atoms with Gasteiger partial charge in [-0.25, -0.2) is 4.39 Å². The summed E-state index contributed by atoms with van der Waals surface area (Å²) in [6.07, 6.45) is 1.29. The molecule has 0 N–H and O–H groups in total. The zero-order valence-corrected chi connectivity index (χ0v) is 8.77. The Morgan fingerprint density at radius 2 is 2.07 bits per heavy atom. The smallest absolute Gasteiger partial charge is 0.126 e. The Kier molecular flexibility index (Phi) is 2.47. The molecule has 1 heterocycles. The van der Waals surface area contributed by atoms with Gasteiger partial charge < -0.3 is 0 Å². The second-order valence-electron chi connectivity index (χ2n) is 2.88. The standard InChI is InChI=1S/C10H3Cl2FN2/c11-7-1-6(13)2-8-9(7)10(12)5(3-14)4-15-8/h1-2,4H. The van der Waals surface area contributed by atoms with Crippen molar-refractivity contribution < 1.29 is 4.39 Å². The Morgan fingerprint density at radius 1 is 1.33 bits per heavy atom. The van der Waals surface area contributed by atoms with Crippen LogP contribution in [0.2, 0.25) is 10.0 Å². The van der Waals surface area contributed by atoms with Crippen LogP contribution in [0.25, 0.3) is 10.9 Å². The summed E-state index contributed by atoms with van der Waals surface area (Å²) < 4.78 is 13.0. The average Bonchev–Trinajstić information content (AvgIpc) is 2.17. The van der Waals surface area contributed by atoms with Crippen LogP contribution in [0.4, 0.5) is 4.39 Å². The van der Waals surface area contributed by atoms with E-state index >= 15 is 0 Å². The first kappa shape index (κ1) is 10.2. The van der Waals surface area contributed by atoms with Gasteiger partial charge in [-0.3, -0.25) is 4.98 Å². The first-order chi connectivity index (χ1) is 7.13.